The minimum absolute atomic E-state index is 0.0792. The van der Waals surface area contributed by atoms with Crippen LogP contribution in [0.5, 0.6) is 0 Å². The molecule has 0 saturated heterocycles. The fraction of sp³-hybridized carbons (Fsp3) is 0. The Balaban J connectivity index is 1.96. The van der Waals surface area contributed by atoms with Crippen LogP contribution in [-0.2, 0) is 0 Å². The molecule has 4 nitrogen and oxygen atoms in total. The minimum Gasteiger partial charge on any atom is -0.269 e. The molecule has 0 unspecified atom stereocenters. The molecule has 22 heavy (non-hydrogen) atoms. The maximum atomic E-state index is 12.0. The summed E-state index contributed by atoms with van der Waals surface area (Å²) in [5.41, 5.74) is 2.93. The van der Waals surface area contributed by atoms with Gasteiger partial charge in [-0.1, -0.05) is 35.6 Å². The van der Waals surface area contributed by atoms with Gasteiger partial charge in [0.2, 0.25) is 0 Å². The molecule has 0 aliphatic rings. The molecule has 0 aliphatic carbocycles. The maximum absolute atomic E-state index is 12.0. The summed E-state index contributed by atoms with van der Waals surface area (Å²) in [6, 6.07) is 15.0. The van der Waals surface area contributed by atoms with E-state index in [0.717, 1.165) is 21.3 Å². The van der Waals surface area contributed by atoms with Crippen molar-refractivity contribution in [2.24, 2.45) is 0 Å². The topological polar surface area (TPSA) is 47.8 Å². The van der Waals surface area contributed by atoms with Gasteiger partial charge in [-0.15, -0.1) is 0 Å². The third-order valence-corrected chi connectivity index (χ3v) is 4.51. The van der Waals surface area contributed by atoms with E-state index in [9.17, 15) is 4.79 Å². The van der Waals surface area contributed by atoms with Crippen LogP contribution in [0.15, 0.2) is 71.9 Å². The van der Waals surface area contributed by atoms with Gasteiger partial charge in [0.05, 0.1) is 10.2 Å². The maximum Gasteiger partial charge on any atom is 0.256 e. The SMILES string of the molecule is O=c1ccccn1-c1nc2cccc(-c3cccnc3)c2s1. The van der Waals surface area contributed by atoms with Crippen LogP contribution in [0, 0.1) is 0 Å². The molecule has 0 atom stereocenters. The average molecular weight is 305 g/mol. The third-order valence-electron chi connectivity index (χ3n) is 3.40. The van der Waals surface area contributed by atoms with E-state index in [1.807, 2.05) is 36.5 Å². The van der Waals surface area contributed by atoms with E-state index in [4.69, 9.17) is 0 Å². The molecular weight excluding hydrogens is 294 g/mol. The van der Waals surface area contributed by atoms with Crippen LogP contribution < -0.4 is 5.56 Å². The summed E-state index contributed by atoms with van der Waals surface area (Å²) >= 11 is 1.51. The number of thiazole rings is 1. The Labute approximate surface area is 130 Å². The highest BCUT2D eigenvalue weighted by atomic mass is 32.1. The molecule has 106 valence electrons. The summed E-state index contributed by atoms with van der Waals surface area (Å²) in [6.45, 7) is 0. The molecule has 0 N–H and O–H groups in total. The fourth-order valence-electron chi connectivity index (χ4n) is 2.38. The van der Waals surface area contributed by atoms with E-state index in [-0.39, 0.29) is 5.56 Å². The predicted octanol–water partition coefficient (Wildman–Crippen LogP) is 3.51. The first-order chi connectivity index (χ1) is 10.8. The Morgan fingerprint density at radius 2 is 1.95 bits per heavy atom. The molecular formula is C17H11N3OS. The highest BCUT2D eigenvalue weighted by molar-refractivity contribution is 7.21. The molecule has 0 fully saturated rings. The van der Waals surface area contributed by atoms with Gasteiger partial charge in [0.25, 0.3) is 5.56 Å². The normalized spacial score (nSPS) is 10.9. The Morgan fingerprint density at radius 3 is 2.77 bits per heavy atom. The zero-order valence-electron chi connectivity index (χ0n) is 11.5. The number of hydrogen-bond donors (Lipinski definition) is 0. The lowest BCUT2D eigenvalue weighted by Crippen LogP contribution is -2.14. The zero-order valence-corrected chi connectivity index (χ0v) is 12.3. The van der Waals surface area contributed by atoms with Crippen LogP contribution in [0.2, 0.25) is 0 Å². The van der Waals surface area contributed by atoms with Gasteiger partial charge < -0.3 is 0 Å². The summed E-state index contributed by atoms with van der Waals surface area (Å²) in [5.74, 6) is 0. The van der Waals surface area contributed by atoms with Crippen LogP contribution in [0.25, 0.3) is 26.5 Å². The van der Waals surface area contributed by atoms with E-state index in [1.165, 1.54) is 17.4 Å². The number of nitrogens with zero attached hydrogens (tertiary/aromatic N) is 3. The Hall–Kier alpha value is -2.79. The summed E-state index contributed by atoms with van der Waals surface area (Å²) < 4.78 is 2.62. The molecule has 3 aromatic heterocycles. The van der Waals surface area contributed by atoms with Crippen molar-refractivity contribution in [3.05, 3.63) is 77.5 Å². The van der Waals surface area contributed by atoms with Crippen molar-refractivity contribution in [1.82, 2.24) is 14.5 Å². The van der Waals surface area contributed by atoms with Crippen molar-refractivity contribution in [2.45, 2.75) is 0 Å². The lowest BCUT2D eigenvalue weighted by molar-refractivity contribution is 0.978. The summed E-state index contributed by atoms with van der Waals surface area (Å²) in [5, 5.41) is 0.678. The van der Waals surface area contributed by atoms with Gasteiger partial charge in [0.1, 0.15) is 0 Å². The summed E-state index contributed by atoms with van der Waals surface area (Å²) in [6.07, 6.45) is 5.33. The van der Waals surface area contributed by atoms with Crippen LogP contribution in [0.1, 0.15) is 0 Å². The quantitative estimate of drug-likeness (QED) is 0.569. The van der Waals surface area contributed by atoms with Crippen LogP contribution in [0.3, 0.4) is 0 Å². The third kappa shape index (κ3) is 2.12. The van der Waals surface area contributed by atoms with E-state index in [1.54, 1.807) is 23.0 Å². The van der Waals surface area contributed by atoms with Crippen molar-refractivity contribution in [3.63, 3.8) is 0 Å². The zero-order chi connectivity index (χ0) is 14.9. The van der Waals surface area contributed by atoms with E-state index >= 15 is 0 Å². The summed E-state index contributed by atoms with van der Waals surface area (Å²) in [4.78, 5) is 20.7. The van der Waals surface area contributed by atoms with Crippen molar-refractivity contribution in [3.8, 4) is 16.3 Å². The van der Waals surface area contributed by atoms with Crippen molar-refractivity contribution < 1.29 is 0 Å². The van der Waals surface area contributed by atoms with E-state index in [0.29, 0.717) is 5.13 Å². The van der Waals surface area contributed by atoms with Gasteiger partial charge in [-0.3, -0.25) is 14.3 Å². The first-order valence-corrected chi connectivity index (χ1v) is 7.62. The lowest BCUT2D eigenvalue weighted by Gasteiger charge is -2.01. The summed E-state index contributed by atoms with van der Waals surface area (Å²) in [7, 11) is 0. The molecule has 1 aromatic carbocycles. The first kappa shape index (κ1) is 12.9. The molecule has 5 heteroatoms. The standard InChI is InChI=1S/C17H11N3OS/c21-15-8-1-2-10-20(15)17-19-14-7-3-6-13(16(14)22-17)12-5-4-9-18-11-12/h1-11H. The Bertz CT molecular complexity index is 1010. The number of aromatic nitrogens is 3. The largest absolute Gasteiger partial charge is 0.269 e. The van der Waals surface area contributed by atoms with Crippen LogP contribution in [-0.4, -0.2) is 14.5 Å². The number of hydrogen-bond acceptors (Lipinski definition) is 4. The second kappa shape index (κ2) is 5.20. The highest BCUT2D eigenvalue weighted by Gasteiger charge is 2.11. The smallest absolute Gasteiger partial charge is 0.256 e. The van der Waals surface area contributed by atoms with E-state index < -0.39 is 0 Å². The molecule has 0 amide bonds. The van der Waals surface area contributed by atoms with Crippen molar-refractivity contribution in [2.75, 3.05) is 0 Å². The minimum atomic E-state index is -0.0792. The average Bonchev–Trinajstić information content (AvgIpc) is 3.00. The van der Waals surface area contributed by atoms with Crippen molar-refractivity contribution in [1.29, 1.82) is 0 Å². The van der Waals surface area contributed by atoms with Crippen LogP contribution in [0.4, 0.5) is 0 Å². The van der Waals surface area contributed by atoms with Crippen LogP contribution >= 0.6 is 11.3 Å². The Kier molecular flexibility index (Phi) is 3.05. The molecule has 0 radical (unpaired) electrons. The number of fused-ring (bicyclic) bond motifs is 1. The van der Waals surface area contributed by atoms with E-state index in [2.05, 4.69) is 16.0 Å². The second-order valence-electron chi connectivity index (χ2n) is 4.80. The first-order valence-electron chi connectivity index (χ1n) is 6.81. The fourth-order valence-corrected chi connectivity index (χ4v) is 3.46. The van der Waals surface area contributed by atoms with Crippen molar-refractivity contribution >= 4 is 21.6 Å². The number of pyridine rings is 2. The van der Waals surface area contributed by atoms with Gasteiger partial charge in [0.15, 0.2) is 5.13 Å². The molecule has 0 aliphatic heterocycles. The van der Waals surface area contributed by atoms with Gasteiger partial charge in [0, 0.05) is 35.8 Å². The monoisotopic (exact) mass is 305 g/mol. The second-order valence-corrected chi connectivity index (χ2v) is 5.78. The molecule has 0 bridgehead atoms. The van der Waals surface area contributed by atoms with Gasteiger partial charge >= 0.3 is 0 Å². The molecule has 0 saturated carbocycles. The number of rotatable bonds is 2. The molecule has 3 heterocycles. The Morgan fingerprint density at radius 1 is 1.00 bits per heavy atom. The number of benzene rings is 1. The highest BCUT2D eigenvalue weighted by Crippen LogP contribution is 2.33. The van der Waals surface area contributed by atoms with Gasteiger partial charge in [-0.05, 0) is 18.2 Å². The van der Waals surface area contributed by atoms with Gasteiger partial charge in [-0.2, -0.15) is 0 Å². The predicted molar refractivity (Wildman–Crippen MR) is 88.4 cm³/mol. The lowest BCUT2D eigenvalue weighted by atomic mass is 10.1. The van der Waals surface area contributed by atoms with Gasteiger partial charge in [-0.25, -0.2) is 4.98 Å². The molecule has 4 rings (SSSR count). The molecule has 4 aromatic rings. The molecule has 0 spiro atoms.